The lowest BCUT2D eigenvalue weighted by Crippen LogP contribution is -2.33. The van der Waals surface area contributed by atoms with Gasteiger partial charge in [0, 0.05) is 38.1 Å². The smallest absolute Gasteiger partial charge is 0.257 e. The normalized spacial score (nSPS) is 16.8. The third kappa shape index (κ3) is 4.46. The first-order valence-electron chi connectivity index (χ1n) is 10.1. The number of rotatable bonds is 5. The van der Waals surface area contributed by atoms with Crippen molar-refractivity contribution in [2.75, 3.05) is 25.0 Å². The van der Waals surface area contributed by atoms with E-state index in [4.69, 9.17) is 4.74 Å². The van der Waals surface area contributed by atoms with Crippen molar-refractivity contribution in [1.29, 1.82) is 0 Å². The predicted molar refractivity (Wildman–Crippen MR) is 114 cm³/mol. The predicted octanol–water partition coefficient (Wildman–Crippen LogP) is 3.34. The van der Waals surface area contributed by atoms with Crippen LogP contribution < -0.4 is 5.32 Å². The van der Waals surface area contributed by atoms with Crippen molar-refractivity contribution in [2.45, 2.75) is 19.1 Å². The topological polar surface area (TPSA) is 79.6 Å². The highest BCUT2D eigenvalue weighted by molar-refractivity contribution is 5.97. The summed E-state index contributed by atoms with van der Waals surface area (Å²) in [4.78, 5) is 14.7. The molecule has 0 aliphatic carbocycles. The molecule has 30 heavy (non-hydrogen) atoms. The molecule has 7 heteroatoms. The second kappa shape index (κ2) is 9.00. The molecular formula is C23H26N4O3. The molecule has 0 saturated carbocycles. The molecule has 1 aromatic heterocycles. The molecule has 3 aromatic rings. The van der Waals surface area contributed by atoms with Crippen LogP contribution in [0.3, 0.4) is 0 Å². The third-order valence-corrected chi connectivity index (χ3v) is 5.42. The number of phenolic OH excluding ortho intramolecular Hbond substituents is 1. The number of nitrogens with zero attached hydrogens (tertiary/aromatic N) is 3. The average molecular weight is 406 g/mol. The molecule has 156 valence electrons. The van der Waals surface area contributed by atoms with Crippen LogP contribution in [0.5, 0.6) is 5.75 Å². The molecule has 1 aliphatic heterocycles. The first-order chi connectivity index (χ1) is 14.6. The lowest BCUT2D eigenvalue weighted by atomic mass is 10.1. The van der Waals surface area contributed by atoms with E-state index in [1.54, 1.807) is 27.9 Å². The van der Waals surface area contributed by atoms with Crippen molar-refractivity contribution in [1.82, 2.24) is 14.7 Å². The number of nitrogens with one attached hydrogen (secondary N) is 1. The van der Waals surface area contributed by atoms with Gasteiger partial charge in [-0.05, 0) is 30.2 Å². The van der Waals surface area contributed by atoms with Gasteiger partial charge in [-0.1, -0.05) is 30.3 Å². The number of phenols is 1. The molecule has 1 aliphatic rings. The van der Waals surface area contributed by atoms with E-state index in [-0.39, 0.29) is 17.8 Å². The van der Waals surface area contributed by atoms with Gasteiger partial charge < -0.3 is 20.1 Å². The number of anilines is 1. The maximum atomic E-state index is 13.0. The van der Waals surface area contributed by atoms with E-state index in [1.807, 2.05) is 49.5 Å². The Morgan fingerprint density at radius 2 is 2.03 bits per heavy atom. The van der Waals surface area contributed by atoms with E-state index in [1.165, 1.54) is 0 Å². The highest BCUT2D eigenvalue weighted by atomic mass is 16.5. The Hall–Kier alpha value is -3.32. The quantitative estimate of drug-likeness (QED) is 0.679. The first-order valence-corrected chi connectivity index (χ1v) is 10.1. The fourth-order valence-corrected chi connectivity index (χ4v) is 3.67. The maximum Gasteiger partial charge on any atom is 0.257 e. The van der Waals surface area contributed by atoms with Gasteiger partial charge in [-0.25, -0.2) is 0 Å². The highest BCUT2D eigenvalue weighted by Gasteiger charge is 2.24. The lowest BCUT2D eigenvalue weighted by Gasteiger charge is -2.20. The van der Waals surface area contributed by atoms with Crippen LogP contribution in [0.1, 0.15) is 34.1 Å². The van der Waals surface area contributed by atoms with Gasteiger partial charge in [0.2, 0.25) is 0 Å². The fraction of sp³-hybridized carbons (Fsp3) is 0.304. The number of benzene rings is 2. The Balaban J connectivity index is 1.39. The third-order valence-electron chi connectivity index (χ3n) is 5.42. The van der Waals surface area contributed by atoms with Crippen molar-refractivity contribution in [3.05, 3.63) is 77.6 Å². The number of aryl methyl sites for hydroxylation is 1. The van der Waals surface area contributed by atoms with Crippen molar-refractivity contribution >= 4 is 11.6 Å². The standard InChI is InChI=1S/C23H26N4O3/c1-26-19(9-11-25-26)16-24-18-7-8-20(21(28)15-18)23(29)27-12-10-22(30-14-13-27)17-5-3-2-4-6-17/h2-9,11,15,22,24,28H,10,12-14,16H2,1H3. The molecular weight excluding hydrogens is 380 g/mol. The molecule has 1 atom stereocenters. The zero-order valence-corrected chi connectivity index (χ0v) is 17.0. The highest BCUT2D eigenvalue weighted by Crippen LogP contribution is 2.27. The monoisotopic (exact) mass is 406 g/mol. The number of aromatic nitrogens is 2. The second-order valence-electron chi connectivity index (χ2n) is 7.38. The minimum Gasteiger partial charge on any atom is -0.507 e. The van der Waals surface area contributed by atoms with E-state index < -0.39 is 0 Å². The molecule has 1 unspecified atom stereocenters. The summed E-state index contributed by atoms with van der Waals surface area (Å²) in [7, 11) is 1.88. The van der Waals surface area contributed by atoms with E-state index in [0.717, 1.165) is 23.4 Å². The van der Waals surface area contributed by atoms with Crippen LogP contribution in [0.25, 0.3) is 0 Å². The van der Waals surface area contributed by atoms with Crippen molar-refractivity contribution in [3.8, 4) is 5.75 Å². The molecule has 1 fully saturated rings. The van der Waals surface area contributed by atoms with Gasteiger partial charge in [0.05, 0.1) is 30.5 Å². The molecule has 0 spiro atoms. The SMILES string of the molecule is Cn1nccc1CNc1ccc(C(=O)N2CCOC(c3ccccc3)CC2)c(O)c1. The van der Waals surface area contributed by atoms with Gasteiger partial charge in [0.25, 0.3) is 5.91 Å². The summed E-state index contributed by atoms with van der Waals surface area (Å²) in [5.41, 5.74) is 3.19. The van der Waals surface area contributed by atoms with Crippen LogP contribution in [0.15, 0.2) is 60.8 Å². The van der Waals surface area contributed by atoms with Crippen LogP contribution >= 0.6 is 0 Å². The Bertz CT molecular complexity index is 1000. The summed E-state index contributed by atoms with van der Waals surface area (Å²) in [5, 5.41) is 17.8. The molecule has 2 N–H and O–H groups in total. The van der Waals surface area contributed by atoms with E-state index >= 15 is 0 Å². The van der Waals surface area contributed by atoms with Gasteiger partial charge in [-0.15, -0.1) is 0 Å². The largest absolute Gasteiger partial charge is 0.507 e. The van der Waals surface area contributed by atoms with Gasteiger partial charge in [0.1, 0.15) is 5.75 Å². The van der Waals surface area contributed by atoms with Crippen molar-refractivity contribution in [2.24, 2.45) is 7.05 Å². The molecule has 0 bridgehead atoms. The zero-order chi connectivity index (χ0) is 20.9. The average Bonchev–Trinajstić information content (AvgIpc) is 3.02. The fourth-order valence-electron chi connectivity index (χ4n) is 3.67. The molecule has 4 rings (SSSR count). The number of aromatic hydroxyl groups is 1. The van der Waals surface area contributed by atoms with Gasteiger partial charge in [-0.3, -0.25) is 9.48 Å². The molecule has 7 nitrogen and oxygen atoms in total. The van der Waals surface area contributed by atoms with Crippen LogP contribution in [0.2, 0.25) is 0 Å². The van der Waals surface area contributed by atoms with Crippen molar-refractivity contribution < 1.29 is 14.6 Å². The summed E-state index contributed by atoms with van der Waals surface area (Å²) >= 11 is 0. The molecule has 2 aromatic carbocycles. The van der Waals surface area contributed by atoms with E-state index in [0.29, 0.717) is 31.8 Å². The second-order valence-corrected chi connectivity index (χ2v) is 7.38. The summed E-state index contributed by atoms with van der Waals surface area (Å²) in [6.45, 7) is 2.13. The number of carbonyl (C=O) groups is 1. The summed E-state index contributed by atoms with van der Waals surface area (Å²) in [5.74, 6) is -0.206. The number of ether oxygens (including phenoxy) is 1. The van der Waals surface area contributed by atoms with Crippen LogP contribution in [-0.2, 0) is 18.3 Å². The Kier molecular flexibility index (Phi) is 5.99. The minimum absolute atomic E-state index is 0.0174. The number of hydrogen-bond acceptors (Lipinski definition) is 5. The van der Waals surface area contributed by atoms with Crippen LogP contribution in [-0.4, -0.2) is 45.4 Å². The number of amides is 1. The lowest BCUT2D eigenvalue weighted by molar-refractivity contribution is 0.0584. The summed E-state index contributed by atoms with van der Waals surface area (Å²) in [6.07, 6.45) is 2.45. The first kappa shape index (κ1) is 20.0. The molecule has 2 heterocycles. The minimum atomic E-state index is -0.178. The van der Waals surface area contributed by atoms with E-state index in [2.05, 4.69) is 10.4 Å². The van der Waals surface area contributed by atoms with Crippen LogP contribution in [0.4, 0.5) is 5.69 Å². The van der Waals surface area contributed by atoms with Gasteiger partial charge >= 0.3 is 0 Å². The molecule has 1 amide bonds. The Morgan fingerprint density at radius 1 is 1.20 bits per heavy atom. The van der Waals surface area contributed by atoms with Crippen molar-refractivity contribution in [3.63, 3.8) is 0 Å². The van der Waals surface area contributed by atoms with E-state index in [9.17, 15) is 9.90 Å². The molecule has 0 radical (unpaired) electrons. The molecule has 1 saturated heterocycles. The van der Waals surface area contributed by atoms with Gasteiger partial charge in [0.15, 0.2) is 0 Å². The summed E-state index contributed by atoms with van der Waals surface area (Å²) in [6, 6.07) is 17.1. The summed E-state index contributed by atoms with van der Waals surface area (Å²) < 4.78 is 7.74. The number of hydrogen-bond donors (Lipinski definition) is 2. The Morgan fingerprint density at radius 3 is 2.77 bits per heavy atom. The zero-order valence-electron chi connectivity index (χ0n) is 17.0. The van der Waals surface area contributed by atoms with Gasteiger partial charge in [-0.2, -0.15) is 5.10 Å². The van der Waals surface area contributed by atoms with Crippen LogP contribution in [0, 0.1) is 0 Å². The Labute approximate surface area is 175 Å². The number of carbonyl (C=O) groups excluding carboxylic acids is 1. The maximum absolute atomic E-state index is 13.0.